The van der Waals surface area contributed by atoms with Gasteiger partial charge in [0, 0.05) is 23.7 Å². The number of hydrogen-bond donors (Lipinski definition) is 3. The van der Waals surface area contributed by atoms with Gasteiger partial charge < -0.3 is 5.32 Å². The minimum Gasteiger partial charge on any atom is -0.353 e. The minimum atomic E-state index is -3.27. The maximum Gasteiger partial charge on any atom is 0.238 e. The van der Waals surface area contributed by atoms with Crippen LogP contribution in [-0.4, -0.2) is 50.3 Å². The topological polar surface area (TPSA) is 87.3 Å². The maximum absolute atomic E-state index is 11.7. The van der Waals surface area contributed by atoms with E-state index in [1.54, 1.807) is 25.6 Å². The van der Waals surface area contributed by atoms with Gasteiger partial charge in [-0.1, -0.05) is 0 Å². The van der Waals surface area contributed by atoms with Crippen LogP contribution in [0.15, 0.2) is 0 Å². The number of nitrogens with one attached hydrogen (secondary N) is 3. The first-order chi connectivity index (χ1) is 7.70. The van der Waals surface area contributed by atoms with E-state index >= 15 is 0 Å². The Labute approximate surface area is 106 Å². The Balaban J connectivity index is 2.40. The average Bonchev–Trinajstić information content (AvgIpc) is 2.63. The summed E-state index contributed by atoms with van der Waals surface area (Å²) >= 11 is 1.67. The molecule has 1 aliphatic heterocycles. The van der Waals surface area contributed by atoms with Gasteiger partial charge in [0.25, 0.3) is 0 Å². The molecule has 0 aliphatic carbocycles. The predicted molar refractivity (Wildman–Crippen MR) is 69.3 cm³/mol. The summed E-state index contributed by atoms with van der Waals surface area (Å²) in [6, 6.07) is -0.172. The lowest BCUT2D eigenvalue weighted by atomic mass is 10.1. The van der Waals surface area contributed by atoms with Crippen molar-refractivity contribution >= 4 is 27.7 Å². The summed E-state index contributed by atoms with van der Waals surface area (Å²) in [5.74, 6) is 1.45. The number of hydrogen-bond acceptors (Lipinski definition) is 5. The summed E-state index contributed by atoms with van der Waals surface area (Å²) in [7, 11) is -3.27. The lowest BCUT2D eigenvalue weighted by molar-refractivity contribution is -0.122. The number of carbonyl (C=O) groups excluding carboxylic acids is 1. The largest absolute Gasteiger partial charge is 0.353 e. The number of thioether (sulfide) groups is 1. The van der Waals surface area contributed by atoms with Crippen LogP contribution in [0.2, 0.25) is 0 Å². The van der Waals surface area contributed by atoms with Crippen molar-refractivity contribution in [3.05, 3.63) is 0 Å². The first kappa shape index (κ1) is 14.7. The molecule has 1 saturated heterocycles. The van der Waals surface area contributed by atoms with Crippen LogP contribution in [0.1, 0.15) is 13.8 Å². The van der Waals surface area contributed by atoms with E-state index in [0.717, 1.165) is 17.9 Å². The fourth-order valence-electron chi connectivity index (χ4n) is 1.53. The third-order valence-corrected chi connectivity index (χ3v) is 4.06. The van der Waals surface area contributed by atoms with E-state index < -0.39 is 15.6 Å². The number of amides is 1. The first-order valence-corrected chi connectivity index (χ1v) is 8.32. The zero-order valence-electron chi connectivity index (χ0n) is 10.2. The molecule has 0 saturated carbocycles. The van der Waals surface area contributed by atoms with Gasteiger partial charge in [-0.05, 0) is 13.8 Å². The van der Waals surface area contributed by atoms with Gasteiger partial charge in [-0.15, -0.1) is 11.8 Å². The predicted octanol–water partition coefficient (Wildman–Crippen LogP) is -0.907. The SMILES string of the molecule is CC(C)(CNC(=O)C1CSCN1)NS(C)(=O)=O. The van der Waals surface area contributed by atoms with Crippen molar-refractivity contribution in [1.82, 2.24) is 15.4 Å². The van der Waals surface area contributed by atoms with Gasteiger partial charge in [0.2, 0.25) is 15.9 Å². The molecule has 1 rings (SSSR count). The highest BCUT2D eigenvalue weighted by Gasteiger charge is 2.26. The zero-order valence-corrected chi connectivity index (χ0v) is 11.9. The molecule has 0 radical (unpaired) electrons. The molecule has 1 unspecified atom stereocenters. The molecule has 6 nitrogen and oxygen atoms in total. The van der Waals surface area contributed by atoms with E-state index in [4.69, 9.17) is 0 Å². The van der Waals surface area contributed by atoms with Gasteiger partial charge in [-0.2, -0.15) is 0 Å². The van der Waals surface area contributed by atoms with Gasteiger partial charge in [-0.3, -0.25) is 10.1 Å². The molecule has 1 fully saturated rings. The number of carbonyl (C=O) groups is 1. The smallest absolute Gasteiger partial charge is 0.238 e. The summed E-state index contributed by atoms with van der Waals surface area (Å²) in [6.07, 6.45) is 1.10. The molecule has 1 heterocycles. The molecule has 8 heteroatoms. The third-order valence-electron chi connectivity index (χ3n) is 2.20. The van der Waals surface area contributed by atoms with Crippen LogP contribution in [0.25, 0.3) is 0 Å². The van der Waals surface area contributed by atoms with Gasteiger partial charge >= 0.3 is 0 Å². The number of sulfonamides is 1. The van der Waals surface area contributed by atoms with Crippen molar-refractivity contribution in [2.45, 2.75) is 25.4 Å². The molecule has 1 amide bonds. The molecule has 0 aromatic heterocycles. The zero-order chi connectivity index (χ0) is 13.1. The molecule has 0 aromatic rings. The van der Waals surface area contributed by atoms with Crippen LogP contribution in [0.5, 0.6) is 0 Å². The van der Waals surface area contributed by atoms with Gasteiger partial charge in [-0.25, -0.2) is 13.1 Å². The standard InChI is InChI=1S/C9H19N3O3S2/c1-9(2,12-17(3,14)15)5-10-8(13)7-4-16-6-11-7/h7,11-12H,4-6H2,1-3H3,(H,10,13). The molecule has 0 bridgehead atoms. The van der Waals surface area contributed by atoms with E-state index in [1.807, 2.05) is 0 Å². The lowest BCUT2D eigenvalue weighted by Crippen LogP contribution is -2.53. The van der Waals surface area contributed by atoms with E-state index in [9.17, 15) is 13.2 Å². The van der Waals surface area contributed by atoms with E-state index in [2.05, 4.69) is 15.4 Å². The maximum atomic E-state index is 11.7. The molecular formula is C9H19N3O3S2. The fourth-order valence-corrected chi connectivity index (χ4v) is 3.55. The second kappa shape index (κ2) is 5.55. The summed E-state index contributed by atoms with van der Waals surface area (Å²) in [6.45, 7) is 3.72. The van der Waals surface area contributed by atoms with Gasteiger partial charge in [0.15, 0.2) is 0 Å². The highest BCUT2D eigenvalue weighted by Crippen LogP contribution is 2.09. The Morgan fingerprint density at radius 2 is 2.18 bits per heavy atom. The van der Waals surface area contributed by atoms with Crippen LogP contribution in [0.3, 0.4) is 0 Å². The summed E-state index contributed by atoms with van der Waals surface area (Å²) in [5.41, 5.74) is -0.686. The monoisotopic (exact) mass is 281 g/mol. The molecule has 1 atom stereocenters. The van der Waals surface area contributed by atoms with Crippen molar-refractivity contribution in [2.24, 2.45) is 0 Å². The number of rotatable bonds is 5. The lowest BCUT2D eigenvalue weighted by Gasteiger charge is -2.26. The fraction of sp³-hybridized carbons (Fsp3) is 0.889. The van der Waals surface area contributed by atoms with Crippen LogP contribution >= 0.6 is 11.8 Å². The molecule has 0 spiro atoms. The Bertz CT molecular complexity index is 375. The van der Waals surface area contributed by atoms with Crippen molar-refractivity contribution < 1.29 is 13.2 Å². The highest BCUT2D eigenvalue weighted by atomic mass is 32.2. The second-order valence-electron chi connectivity index (χ2n) is 4.75. The van der Waals surface area contributed by atoms with Gasteiger partial charge in [0.05, 0.1) is 12.3 Å². The van der Waals surface area contributed by atoms with E-state index in [0.29, 0.717) is 0 Å². The first-order valence-electron chi connectivity index (χ1n) is 5.27. The highest BCUT2D eigenvalue weighted by molar-refractivity contribution is 7.99. The van der Waals surface area contributed by atoms with Gasteiger partial charge in [0.1, 0.15) is 0 Å². The third kappa shape index (κ3) is 5.71. The summed E-state index contributed by atoms with van der Waals surface area (Å²) in [4.78, 5) is 11.7. The molecule has 3 N–H and O–H groups in total. The Morgan fingerprint density at radius 1 is 1.53 bits per heavy atom. The molecule has 100 valence electrons. The normalized spacial score (nSPS) is 21.5. The average molecular weight is 281 g/mol. The Hall–Kier alpha value is -0.310. The Kier molecular flexibility index (Phi) is 4.82. The molecule has 17 heavy (non-hydrogen) atoms. The molecule has 0 aromatic carbocycles. The Morgan fingerprint density at radius 3 is 2.65 bits per heavy atom. The summed E-state index contributed by atoms with van der Waals surface area (Å²) in [5, 5.41) is 5.80. The molecular weight excluding hydrogens is 262 g/mol. The minimum absolute atomic E-state index is 0.0848. The van der Waals surface area contributed by atoms with Crippen molar-refractivity contribution in [1.29, 1.82) is 0 Å². The quantitative estimate of drug-likeness (QED) is 0.607. The second-order valence-corrected chi connectivity index (χ2v) is 7.53. The van der Waals surface area contributed by atoms with Crippen LogP contribution in [0, 0.1) is 0 Å². The van der Waals surface area contributed by atoms with Crippen LogP contribution in [-0.2, 0) is 14.8 Å². The summed E-state index contributed by atoms with van der Waals surface area (Å²) < 4.78 is 24.7. The van der Waals surface area contributed by atoms with E-state index in [1.165, 1.54) is 0 Å². The van der Waals surface area contributed by atoms with Crippen molar-refractivity contribution in [3.63, 3.8) is 0 Å². The van der Waals surface area contributed by atoms with Crippen LogP contribution in [0.4, 0.5) is 0 Å². The van der Waals surface area contributed by atoms with Crippen LogP contribution < -0.4 is 15.4 Å². The van der Waals surface area contributed by atoms with Crippen molar-refractivity contribution in [2.75, 3.05) is 24.4 Å². The van der Waals surface area contributed by atoms with E-state index in [-0.39, 0.29) is 18.5 Å². The molecule has 1 aliphatic rings. The van der Waals surface area contributed by atoms with Crippen molar-refractivity contribution in [3.8, 4) is 0 Å².